The molecule has 7 heteroatoms. The van der Waals surface area contributed by atoms with Gasteiger partial charge < -0.3 is 19.1 Å². The molecule has 1 saturated heterocycles. The van der Waals surface area contributed by atoms with E-state index in [0.717, 1.165) is 12.8 Å². The highest BCUT2D eigenvalue weighted by Gasteiger charge is 2.28. The van der Waals surface area contributed by atoms with E-state index in [-0.39, 0.29) is 12.0 Å². The van der Waals surface area contributed by atoms with Gasteiger partial charge in [-0.05, 0) is 31.9 Å². The summed E-state index contributed by atoms with van der Waals surface area (Å²) in [6.45, 7) is 3.60. The van der Waals surface area contributed by atoms with Gasteiger partial charge in [0.05, 0.1) is 25.8 Å². The average Bonchev–Trinajstić information content (AvgIpc) is 2.69. The number of para-hydroxylation sites is 1. The van der Waals surface area contributed by atoms with E-state index in [4.69, 9.17) is 14.2 Å². The summed E-state index contributed by atoms with van der Waals surface area (Å²) in [7, 11) is 1.53. The molecule has 1 aromatic heterocycles. The molecule has 3 rings (SSSR count). The number of amides is 1. The molecule has 2 heterocycles. The topological polar surface area (TPSA) is 73.8 Å². The van der Waals surface area contributed by atoms with Gasteiger partial charge in [-0.3, -0.25) is 4.79 Å². The molecule has 1 amide bonds. The number of methoxy groups -OCH3 is 1. The number of carbonyl (C=O) groups is 1. The van der Waals surface area contributed by atoms with Crippen LogP contribution in [0.4, 0.5) is 0 Å². The predicted molar refractivity (Wildman–Crippen MR) is 95.7 cm³/mol. The summed E-state index contributed by atoms with van der Waals surface area (Å²) in [5.41, 5.74) is 0.576. The van der Waals surface area contributed by atoms with Gasteiger partial charge in [-0.15, -0.1) is 0 Å². The number of hydrogen-bond donors (Lipinski definition) is 0. The second kappa shape index (κ2) is 8.51. The lowest BCUT2D eigenvalue weighted by Crippen LogP contribution is -2.44. The maximum Gasteiger partial charge on any atom is 0.278 e. The van der Waals surface area contributed by atoms with Crippen LogP contribution in [-0.4, -0.2) is 53.7 Å². The first kappa shape index (κ1) is 18.0. The molecule has 2 aromatic rings. The monoisotopic (exact) mass is 357 g/mol. The van der Waals surface area contributed by atoms with Crippen molar-refractivity contribution in [1.82, 2.24) is 14.9 Å². The van der Waals surface area contributed by atoms with Crippen molar-refractivity contribution in [3.63, 3.8) is 0 Å². The Hall–Kier alpha value is -2.83. The highest BCUT2D eigenvalue weighted by molar-refractivity contribution is 5.97. The Morgan fingerprint density at radius 1 is 1.23 bits per heavy atom. The van der Waals surface area contributed by atoms with Crippen molar-refractivity contribution in [3.05, 3.63) is 42.2 Å². The van der Waals surface area contributed by atoms with E-state index < -0.39 is 0 Å². The first-order chi connectivity index (χ1) is 12.7. The van der Waals surface area contributed by atoms with E-state index in [1.165, 1.54) is 7.11 Å². The number of hydrogen-bond acceptors (Lipinski definition) is 6. The van der Waals surface area contributed by atoms with Crippen molar-refractivity contribution in [1.29, 1.82) is 0 Å². The van der Waals surface area contributed by atoms with E-state index in [2.05, 4.69) is 9.97 Å². The molecule has 7 nitrogen and oxygen atoms in total. The van der Waals surface area contributed by atoms with Crippen LogP contribution in [0.3, 0.4) is 0 Å². The number of aromatic nitrogens is 2. The summed E-state index contributed by atoms with van der Waals surface area (Å²) in [5, 5.41) is 0. The molecule has 0 radical (unpaired) electrons. The first-order valence-electron chi connectivity index (χ1n) is 8.75. The van der Waals surface area contributed by atoms with E-state index >= 15 is 0 Å². The van der Waals surface area contributed by atoms with Gasteiger partial charge in [-0.2, -0.15) is 0 Å². The van der Waals surface area contributed by atoms with E-state index in [1.807, 2.05) is 25.1 Å². The van der Waals surface area contributed by atoms with Gasteiger partial charge in [0.15, 0.2) is 0 Å². The van der Waals surface area contributed by atoms with E-state index in [1.54, 1.807) is 23.4 Å². The Morgan fingerprint density at radius 3 is 2.77 bits per heavy atom. The molecule has 138 valence electrons. The Balaban J connectivity index is 1.71. The van der Waals surface area contributed by atoms with Crippen LogP contribution in [0.5, 0.6) is 17.5 Å². The third kappa shape index (κ3) is 4.04. The lowest BCUT2D eigenvalue weighted by atomic mass is 10.1. The zero-order valence-corrected chi connectivity index (χ0v) is 15.1. The van der Waals surface area contributed by atoms with Crippen LogP contribution in [0.15, 0.2) is 36.7 Å². The van der Waals surface area contributed by atoms with Crippen molar-refractivity contribution in [2.24, 2.45) is 0 Å². The Bertz CT molecular complexity index is 753. The minimum absolute atomic E-state index is 0.0477. The van der Waals surface area contributed by atoms with Crippen LogP contribution in [0.1, 0.15) is 30.1 Å². The first-order valence-corrected chi connectivity index (χ1v) is 8.75. The summed E-state index contributed by atoms with van der Waals surface area (Å²) in [4.78, 5) is 23.0. The van der Waals surface area contributed by atoms with Gasteiger partial charge in [0.1, 0.15) is 11.9 Å². The number of nitrogens with zero attached hydrogens (tertiary/aromatic N) is 3. The molecule has 0 N–H and O–H groups in total. The fourth-order valence-electron chi connectivity index (χ4n) is 3.01. The number of likely N-dealkylation sites (tertiary alicyclic amines) is 1. The SMILES string of the molecule is CCOc1ccccc1C(=O)N1CCCC(Oc2nccnc2OC)C1. The number of piperidine rings is 1. The van der Waals surface area contributed by atoms with E-state index in [0.29, 0.717) is 42.8 Å². The van der Waals surface area contributed by atoms with Crippen LogP contribution in [0.2, 0.25) is 0 Å². The molecule has 0 saturated carbocycles. The minimum atomic E-state index is -0.155. The normalized spacial score (nSPS) is 16.8. The zero-order chi connectivity index (χ0) is 18.4. The largest absolute Gasteiger partial charge is 0.493 e. The molecule has 0 bridgehead atoms. The molecular formula is C19H23N3O4. The van der Waals surface area contributed by atoms with Gasteiger partial charge >= 0.3 is 0 Å². The van der Waals surface area contributed by atoms with Gasteiger partial charge in [0, 0.05) is 18.9 Å². The van der Waals surface area contributed by atoms with Crippen molar-refractivity contribution in [2.75, 3.05) is 26.8 Å². The van der Waals surface area contributed by atoms with Crippen LogP contribution in [-0.2, 0) is 0 Å². The molecule has 0 spiro atoms. The Labute approximate surface area is 152 Å². The van der Waals surface area contributed by atoms with Crippen LogP contribution < -0.4 is 14.2 Å². The van der Waals surface area contributed by atoms with Gasteiger partial charge in [-0.25, -0.2) is 9.97 Å². The van der Waals surface area contributed by atoms with Crippen molar-refractivity contribution < 1.29 is 19.0 Å². The summed E-state index contributed by atoms with van der Waals surface area (Å²) >= 11 is 0. The second-order valence-corrected chi connectivity index (χ2v) is 5.93. The molecule has 1 atom stereocenters. The average molecular weight is 357 g/mol. The molecule has 1 fully saturated rings. The molecule has 0 aliphatic carbocycles. The molecule has 26 heavy (non-hydrogen) atoms. The van der Waals surface area contributed by atoms with Gasteiger partial charge in [-0.1, -0.05) is 12.1 Å². The van der Waals surface area contributed by atoms with Crippen LogP contribution in [0.25, 0.3) is 0 Å². The van der Waals surface area contributed by atoms with Crippen molar-refractivity contribution in [3.8, 4) is 17.5 Å². The zero-order valence-electron chi connectivity index (χ0n) is 15.1. The molecule has 1 aliphatic heterocycles. The summed E-state index contributed by atoms with van der Waals surface area (Å²) in [5.74, 6) is 1.26. The maximum atomic E-state index is 13.0. The molecular weight excluding hydrogens is 334 g/mol. The number of benzene rings is 1. The fourth-order valence-corrected chi connectivity index (χ4v) is 3.01. The smallest absolute Gasteiger partial charge is 0.278 e. The van der Waals surface area contributed by atoms with Gasteiger partial charge in [0.2, 0.25) is 0 Å². The molecule has 1 aliphatic rings. The number of carbonyl (C=O) groups excluding carboxylic acids is 1. The second-order valence-electron chi connectivity index (χ2n) is 5.93. The quantitative estimate of drug-likeness (QED) is 0.791. The van der Waals surface area contributed by atoms with Gasteiger partial charge in [0.25, 0.3) is 17.7 Å². The summed E-state index contributed by atoms with van der Waals surface area (Å²) in [6, 6.07) is 7.32. The van der Waals surface area contributed by atoms with Crippen molar-refractivity contribution >= 4 is 5.91 Å². The highest BCUT2D eigenvalue weighted by atomic mass is 16.5. The fraction of sp³-hybridized carbons (Fsp3) is 0.421. The standard InChI is InChI=1S/C19H23N3O4/c1-3-25-16-9-5-4-8-15(16)19(23)22-12-6-7-14(13-22)26-18-17(24-2)20-10-11-21-18/h4-5,8-11,14H,3,6-7,12-13H2,1-2H3. The number of ether oxygens (including phenoxy) is 3. The lowest BCUT2D eigenvalue weighted by Gasteiger charge is -2.33. The van der Waals surface area contributed by atoms with E-state index in [9.17, 15) is 4.79 Å². The third-order valence-electron chi connectivity index (χ3n) is 4.19. The molecule has 1 unspecified atom stereocenters. The summed E-state index contributed by atoms with van der Waals surface area (Å²) in [6.07, 6.45) is 4.65. The lowest BCUT2D eigenvalue weighted by molar-refractivity contribution is 0.0516. The minimum Gasteiger partial charge on any atom is -0.493 e. The number of rotatable bonds is 6. The third-order valence-corrected chi connectivity index (χ3v) is 4.19. The van der Waals surface area contributed by atoms with Crippen molar-refractivity contribution in [2.45, 2.75) is 25.9 Å². The maximum absolute atomic E-state index is 13.0. The van der Waals surface area contributed by atoms with Crippen LogP contribution in [0, 0.1) is 0 Å². The molecule has 1 aromatic carbocycles. The highest BCUT2D eigenvalue weighted by Crippen LogP contribution is 2.26. The Morgan fingerprint density at radius 2 is 2.00 bits per heavy atom. The Kier molecular flexibility index (Phi) is 5.88. The summed E-state index contributed by atoms with van der Waals surface area (Å²) < 4.78 is 16.7. The van der Waals surface area contributed by atoms with Crippen LogP contribution >= 0.6 is 0 Å². The predicted octanol–water partition coefficient (Wildman–Crippen LogP) is 2.57.